The lowest BCUT2D eigenvalue weighted by molar-refractivity contribution is -0.130. The number of halogens is 1. The molecule has 26 heavy (non-hydrogen) atoms. The Morgan fingerprint density at radius 1 is 1.04 bits per heavy atom. The number of carbonyl (C=O) groups excluding carboxylic acids is 2. The van der Waals surface area contributed by atoms with Gasteiger partial charge in [-0.3, -0.25) is 9.59 Å². The zero-order chi connectivity index (χ0) is 18.4. The Balaban J connectivity index is 1.49. The van der Waals surface area contributed by atoms with Crippen LogP contribution in [0.5, 0.6) is 0 Å². The molecule has 2 aromatic carbocycles. The molecule has 4 nitrogen and oxygen atoms in total. The van der Waals surface area contributed by atoms with Crippen LogP contribution < -0.4 is 5.32 Å². The van der Waals surface area contributed by atoms with Gasteiger partial charge in [0.2, 0.25) is 11.8 Å². The number of rotatable bonds is 4. The lowest BCUT2D eigenvalue weighted by atomic mass is 9.95. The summed E-state index contributed by atoms with van der Waals surface area (Å²) in [7, 11) is 0. The molecule has 2 aromatic rings. The van der Waals surface area contributed by atoms with Crippen LogP contribution >= 0.6 is 15.9 Å². The molecule has 1 aliphatic rings. The van der Waals surface area contributed by atoms with Crippen LogP contribution in [0, 0.1) is 5.92 Å². The number of anilines is 1. The van der Waals surface area contributed by atoms with Gasteiger partial charge in [-0.25, -0.2) is 0 Å². The quantitative estimate of drug-likeness (QED) is 0.759. The number of nitrogens with one attached hydrogen (secondary N) is 1. The third-order valence-electron chi connectivity index (χ3n) is 4.49. The summed E-state index contributed by atoms with van der Waals surface area (Å²) < 4.78 is 0.931. The van der Waals surface area contributed by atoms with Gasteiger partial charge in [-0.1, -0.05) is 52.3 Å². The number of nitrogens with zero attached hydrogens (tertiary/aromatic N) is 1. The Hall–Kier alpha value is -2.40. The Kier molecular flexibility index (Phi) is 6.23. The molecule has 2 amide bonds. The first-order valence-electron chi connectivity index (χ1n) is 8.70. The molecule has 0 unspecified atom stereocenters. The second kappa shape index (κ2) is 8.81. The van der Waals surface area contributed by atoms with Crippen molar-refractivity contribution in [1.82, 2.24) is 4.90 Å². The van der Waals surface area contributed by atoms with Gasteiger partial charge in [0, 0.05) is 35.2 Å². The van der Waals surface area contributed by atoms with Crippen LogP contribution in [-0.2, 0) is 9.59 Å². The molecule has 0 aliphatic carbocycles. The molecule has 1 aliphatic heterocycles. The van der Waals surface area contributed by atoms with E-state index in [0.717, 1.165) is 15.7 Å². The van der Waals surface area contributed by atoms with E-state index in [0.29, 0.717) is 25.9 Å². The first-order valence-corrected chi connectivity index (χ1v) is 9.49. The SMILES string of the molecule is O=C(Nc1cccc(Br)c1)C1CCN(C(=O)C=Cc2ccccc2)CC1. The summed E-state index contributed by atoms with van der Waals surface area (Å²) in [6, 6.07) is 17.3. The highest BCUT2D eigenvalue weighted by Gasteiger charge is 2.26. The van der Waals surface area contributed by atoms with E-state index in [9.17, 15) is 9.59 Å². The fraction of sp³-hybridized carbons (Fsp3) is 0.238. The van der Waals surface area contributed by atoms with Crippen molar-refractivity contribution in [3.63, 3.8) is 0 Å². The van der Waals surface area contributed by atoms with Gasteiger partial charge in [0.15, 0.2) is 0 Å². The zero-order valence-electron chi connectivity index (χ0n) is 14.4. The van der Waals surface area contributed by atoms with Gasteiger partial charge in [0.25, 0.3) is 0 Å². The molecule has 1 saturated heterocycles. The lowest BCUT2D eigenvalue weighted by Crippen LogP contribution is -2.40. The van der Waals surface area contributed by atoms with Crippen molar-refractivity contribution in [3.8, 4) is 0 Å². The van der Waals surface area contributed by atoms with Gasteiger partial charge in [-0.05, 0) is 42.7 Å². The van der Waals surface area contributed by atoms with Gasteiger partial charge in [0.1, 0.15) is 0 Å². The lowest BCUT2D eigenvalue weighted by Gasteiger charge is -2.30. The van der Waals surface area contributed by atoms with Gasteiger partial charge in [-0.2, -0.15) is 0 Å². The largest absolute Gasteiger partial charge is 0.339 e. The minimum atomic E-state index is -0.0591. The van der Waals surface area contributed by atoms with E-state index in [4.69, 9.17) is 0 Å². The number of hydrogen-bond acceptors (Lipinski definition) is 2. The maximum absolute atomic E-state index is 12.4. The molecule has 0 atom stereocenters. The molecule has 1 heterocycles. The smallest absolute Gasteiger partial charge is 0.246 e. The number of hydrogen-bond donors (Lipinski definition) is 1. The summed E-state index contributed by atoms with van der Waals surface area (Å²) in [5.74, 6) is -0.0362. The molecule has 0 aromatic heterocycles. The fourth-order valence-electron chi connectivity index (χ4n) is 3.01. The van der Waals surface area contributed by atoms with Crippen molar-refractivity contribution in [2.45, 2.75) is 12.8 Å². The summed E-state index contributed by atoms with van der Waals surface area (Å²) in [6.07, 6.45) is 4.81. The molecular formula is C21H21BrN2O2. The van der Waals surface area contributed by atoms with Crippen molar-refractivity contribution in [2.24, 2.45) is 5.92 Å². The molecule has 1 N–H and O–H groups in total. The van der Waals surface area contributed by atoms with E-state index in [2.05, 4.69) is 21.2 Å². The van der Waals surface area contributed by atoms with Gasteiger partial charge < -0.3 is 10.2 Å². The van der Waals surface area contributed by atoms with Crippen LogP contribution in [-0.4, -0.2) is 29.8 Å². The summed E-state index contributed by atoms with van der Waals surface area (Å²) in [5.41, 5.74) is 1.79. The summed E-state index contributed by atoms with van der Waals surface area (Å²) >= 11 is 3.40. The predicted molar refractivity (Wildman–Crippen MR) is 108 cm³/mol. The minimum absolute atomic E-state index is 0.000277. The highest BCUT2D eigenvalue weighted by molar-refractivity contribution is 9.10. The Labute approximate surface area is 162 Å². The van der Waals surface area contributed by atoms with Crippen molar-refractivity contribution >= 4 is 39.5 Å². The third kappa shape index (κ3) is 5.05. The first kappa shape index (κ1) is 18.4. The van der Waals surface area contributed by atoms with E-state index >= 15 is 0 Å². The highest BCUT2D eigenvalue weighted by Crippen LogP contribution is 2.21. The highest BCUT2D eigenvalue weighted by atomic mass is 79.9. The molecule has 0 radical (unpaired) electrons. The summed E-state index contributed by atoms with van der Waals surface area (Å²) in [5, 5.41) is 2.96. The van der Waals surface area contributed by atoms with E-state index < -0.39 is 0 Å². The molecule has 1 fully saturated rings. The second-order valence-corrected chi connectivity index (χ2v) is 7.26. The molecule has 0 bridgehead atoms. The van der Waals surface area contributed by atoms with Crippen molar-refractivity contribution in [3.05, 3.63) is 70.7 Å². The van der Waals surface area contributed by atoms with Gasteiger partial charge in [-0.15, -0.1) is 0 Å². The number of likely N-dealkylation sites (tertiary alicyclic amines) is 1. The molecule has 0 saturated carbocycles. The average molecular weight is 413 g/mol. The fourth-order valence-corrected chi connectivity index (χ4v) is 3.41. The zero-order valence-corrected chi connectivity index (χ0v) is 16.0. The number of amides is 2. The summed E-state index contributed by atoms with van der Waals surface area (Å²) in [6.45, 7) is 1.21. The number of benzene rings is 2. The van der Waals surface area contributed by atoms with Crippen LogP contribution in [0.2, 0.25) is 0 Å². The minimum Gasteiger partial charge on any atom is -0.339 e. The molecule has 3 rings (SSSR count). The predicted octanol–water partition coefficient (Wildman–Crippen LogP) is 4.34. The number of piperidine rings is 1. The Morgan fingerprint density at radius 3 is 2.46 bits per heavy atom. The van der Waals surface area contributed by atoms with Crippen LogP contribution in [0.4, 0.5) is 5.69 Å². The Morgan fingerprint density at radius 2 is 1.77 bits per heavy atom. The van der Waals surface area contributed by atoms with Crippen molar-refractivity contribution in [2.75, 3.05) is 18.4 Å². The average Bonchev–Trinajstić information content (AvgIpc) is 2.67. The number of carbonyl (C=O) groups is 2. The monoisotopic (exact) mass is 412 g/mol. The van der Waals surface area contributed by atoms with Crippen LogP contribution in [0.3, 0.4) is 0 Å². The second-order valence-electron chi connectivity index (χ2n) is 6.34. The van der Waals surface area contributed by atoms with E-state index in [-0.39, 0.29) is 17.7 Å². The molecule has 134 valence electrons. The van der Waals surface area contributed by atoms with E-state index in [1.807, 2.05) is 65.6 Å². The topological polar surface area (TPSA) is 49.4 Å². The first-order chi connectivity index (χ1) is 12.6. The van der Waals surface area contributed by atoms with Crippen molar-refractivity contribution < 1.29 is 9.59 Å². The molecule has 5 heteroatoms. The molecule has 0 spiro atoms. The maximum atomic E-state index is 12.4. The third-order valence-corrected chi connectivity index (χ3v) is 4.98. The summed E-state index contributed by atoms with van der Waals surface area (Å²) in [4.78, 5) is 26.5. The Bertz CT molecular complexity index is 797. The van der Waals surface area contributed by atoms with E-state index in [1.54, 1.807) is 6.08 Å². The standard InChI is InChI=1S/C21H21BrN2O2/c22-18-7-4-8-19(15-18)23-21(26)17-11-13-24(14-12-17)20(25)10-9-16-5-2-1-3-6-16/h1-10,15,17H,11-14H2,(H,23,26). The van der Waals surface area contributed by atoms with Gasteiger partial charge in [0.05, 0.1) is 0 Å². The normalized spacial score (nSPS) is 15.2. The van der Waals surface area contributed by atoms with Crippen LogP contribution in [0.1, 0.15) is 18.4 Å². The molecular weight excluding hydrogens is 392 g/mol. The van der Waals surface area contributed by atoms with Crippen LogP contribution in [0.25, 0.3) is 6.08 Å². The van der Waals surface area contributed by atoms with Crippen molar-refractivity contribution in [1.29, 1.82) is 0 Å². The van der Waals surface area contributed by atoms with Crippen LogP contribution in [0.15, 0.2) is 65.1 Å². The van der Waals surface area contributed by atoms with Gasteiger partial charge >= 0.3 is 0 Å². The maximum Gasteiger partial charge on any atom is 0.246 e. The van der Waals surface area contributed by atoms with E-state index in [1.165, 1.54) is 0 Å².